The number of aryl methyl sites for hydroxylation is 1. The number of rotatable bonds is 3. The number of hydrogen-bond acceptors (Lipinski definition) is 4. The Hall–Kier alpha value is -2.95. The molecule has 0 aliphatic heterocycles. The highest BCUT2D eigenvalue weighted by Gasteiger charge is 2.11. The minimum atomic E-state index is -0.552. The average Bonchev–Trinajstić information content (AvgIpc) is 2.55. The Morgan fingerprint density at radius 1 is 1.09 bits per heavy atom. The van der Waals surface area contributed by atoms with Gasteiger partial charge in [0, 0.05) is 13.1 Å². The Morgan fingerprint density at radius 2 is 1.86 bits per heavy atom. The smallest absolute Gasteiger partial charge is 0.359 e. The van der Waals surface area contributed by atoms with Gasteiger partial charge in [0.15, 0.2) is 5.69 Å². The molecule has 22 heavy (non-hydrogen) atoms. The van der Waals surface area contributed by atoms with Crippen molar-refractivity contribution < 1.29 is 9.53 Å². The van der Waals surface area contributed by atoms with E-state index in [2.05, 4.69) is 5.10 Å². The molecular weight excluding hydrogens is 280 g/mol. The molecule has 3 rings (SSSR count). The number of hydrogen-bond donors (Lipinski definition) is 0. The second-order valence-electron chi connectivity index (χ2n) is 4.89. The lowest BCUT2D eigenvalue weighted by molar-refractivity contribution is 0.0464. The van der Waals surface area contributed by atoms with Gasteiger partial charge in [-0.05, 0) is 22.4 Å². The van der Waals surface area contributed by atoms with Gasteiger partial charge in [0.05, 0.1) is 0 Å². The molecule has 5 nitrogen and oxygen atoms in total. The van der Waals surface area contributed by atoms with Crippen molar-refractivity contribution in [3.8, 4) is 0 Å². The molecule has 110 valence electrons. The zero-order chi connectivity index (χ0) is 15.5. The lowest BCUT2D eigenvalue weighted by Gasteiger charge is -2.08. The van der Waals surface area contributed by atoms with Gasteiger partial charge >= 0.3 is 5.97 Å². The van der Waals surface area contributed by atoms with Gasteiger partial charge in [-0.25, -0.2) is 9.48 Å². The van der Waals surface area contributed by atoms with Crippen LogP contribution < -0.4 is 5.56 Å². The molecule has 0 radical (unpaired) electrons. The van der Waals surface area contributed by atoms with E-state index in [1.807, 2.05) is 42.5 Å². The predicted molar refractivity (Wildman–Crippen MR) is 82.5 cm³/mol. The van der Waals surface area contributed by atoms with Crippen molar-refractivity contribution in [2.75, 3.05) is 0 Å². The second kappa shape index (κ2) is 5.81. The van der Waals surface area contributed by atoms with Crippen LogP contribution in [0, 0.1) is 0 Å². The molecule has 0 N–H and O–H groups in total. The summed E-state index contributed by atoms with van der Waals surface area (Å²) in [6.45, 7) is 0.157. The van der Waals surface area contributed by atoms with Gasteiger partial charge in [0.2, 0.25) is 0 Å². The fourth-order valence-electron chi connectivity index (χ4n) is 2.25. The monoisotopic (exact) mass is 294 g/mol. The van der Waals surface area contributed by atoms with Gasteiger partial charge in [0.25, 0.3) is 5.56 Å². The van der Waals surface area contributed by atoms with Crippen LogP contribution in [0.15, 0.2) is 59.4 Å². The topological polar surface area (TPSA) is 61.2 Å². The Balaban J connectivity index is 1.80. The highest BCUT2D eigenvalue weighted by atomic mass is 16.5. The number of nitrogens with zero attached hydrogens (tertiary/aromatic N) is 2. The Labute approximate surface area is 126 Å². The number of aromatic nitrogens is 2. The van der Waals surface area contributed by atoms with Crippen LogP contribution in [-0.4, -0.2) is 15.7 Å². The van der Waals surface area contributed by atoms with Crippen LogP contribution in [0.3, 0.4) is 0 Å². The van der Waals surface area contributed by atoms with Crippen LogP contribution in [0.2, 0.25) is 0 Å². The maximum absolute atomic E-state index is 12.0. The molecule has 1 heterocycles. The highest BCUT2D eigenvalue weighted by Crippen LogP contribution is 2.19. The van der Waals surface area contributed by atoms with E-state index in [1.54, 1.807) is 0 Å². The summed E-state index contributed by atoms with van der Waals surface area (Å²) in [5.41, 5.74) is 0.768. The van der Waals surface area contributed by atoms with Crippen molar-refractivity contribution in [1.29, 1.82) is 0 Å². The lowest BCUT2D eigenvalue weighted by atomic mass is 10.1. The van der Waals surface area contributed by atoms with Gasteiger partial charge in [-0.1, -0.05) is 42.5 Å². The maximum Gasteiger partial charge on any atom is 0.359 e. The fourth-order valence-corrected chi connectivity index (χ4v) is 2.25. The third-order valence-electron chi connectivity index (χ3n) is 3.41. The second-order valence-corrected chi connectivity index (χ2v) is 4.89. The first kappa shape index (κ1) is 14.0. The fraction of sp³-hybridized carbons (Fsp3) is 0.118. The van der Waals surface area contributed by atoms with Crippen molar-refractivity contribution in [1.82, 2.24) is 9.78 Å². The molecular formula is C17H14N2O3. The van der Waals surface area contributed by atoms with E-state index in [1.165, 1.54) is 19.2 Å². The van der Waals surface area contributed by atoms with E-state index < -0.39 is 5.97 Å². The summed E-state index contributed by atoms with van der Waals surface area (Å²) in [4.78, 5) is 23.3. The predicted octanol–water partition coefficient (Wildman–Crippen LogP) is 2.29. The van der Waals surface area contributed by atoms with Gasteiger partial charge in [-0.2, -0.15) is 5.10 Å². The quantitative estimate of drug-likeness (QED) is 0.695. The van der Waals surface area contributed by atoms with Crippen LogP contribution in [0.4, 0.5) is 0 Å². The summed E-state index contributed by atoms with van der Waals surface area (Å²) in [6.07, 6.45) is 0. The number of carbonyl (C=O) groups excluding carboxylic acids is 1. The van der Waals surface area contributed by atoms with E-state index in [9.17, 15) is 9.59 Å². The molecule has 0 atom stereocenters. The van der Waals surface area contributed by atoms with Gasteiger partial charge in [0.1, 0.15) is 6.61 Å². The Morgan fingerprint density at radius 3 is 2.68 bits per heavy atom. The standard InChI is InChI=1S/C17H14N2O3/c1-19-16(20)10-9-15(18-19)17(21)22-11-13-7-4-6-12-5-2-3-8-14(12)13/h2-10H,11H2,1H3. The van der Waals surface area contributed by atoms with E-state index >= 15 is 0 Å². The minimum Gasteiger partial charge on any atom is -0.456 e. The molecule has 0 unspecified atom stereocenters. The number of benzene rings is 2. The first-order chi connectivity index (χ1) is 10.6. The molecule has 0 aliphatic carbocycles. The first-order valence-electron chi connectivity index (χ1n) is 6.83. The number of fused-ring (bicyclic) bond motifs is 1. The third kappa shape index (κ3) is 2.74. The van der Waals surface area contributed by atoms with Crippen molar-refractivity contribution in [3.05, 3.63) is 76.2 Å². The van der Waals surface area contributed by atoms with Crippen molar-refractivity contribution in [2.24, 2.45) is 7.05 Å². The van der Waals surface area contributed by atoms with Gasteiger partial charge in [-0.15, -0.1) is 0 Å². The molecule has 1 aromatic heterocycles. The molecule has 0 saturated heterocycles. The number of ether oxygens (including phenoxy) is 1. The molecule has 3 aromatic rings. The van der Waals surface area contributed by atoms with E-state index in [0.717, 1.165) is 21.0 Å². The minimum absolute atomic E-state index is 0.113. The molecule has 5 heteroatoms. The lowest BCUT2D eigenvalue weighted by Crippen LogP contribution is -2.21. The summed E-state index contributed by atoms with van der Waals surface area (Å²) in [5.74, 6) is -0.552. The highest BCUT2D eigenvalue weighted by molar-refractivity contribution is 5.88. The molecule has 0 amide bonds. The molecule has 0 spiro atoms. The zero-order valence-electron chi connectivity index (χ0n) is 12.0. The normalized spacial score (nSPS) is 10.6. The van der Waals surface area contributed by atoms with Gasteiger partial charge in [-0.3, -0.25) is 4.79 Å². The number of esters is 1. The van der Waals surface area contributed by atoms with Gasteiger partial charge < -0.3 is 4.74 Å². The molecule has 0 aliphatic rings. The SMILES string of the molecule is Cn1nc(C(=O)OCc2cccc3ccccc23)ccc1=O. The first-order valence-corrected chi connectivity index (χ1v) is 6.83. The van der Waals surface area contributed by atoms with Crippen molar-refractivity contribution in [3.63, 3.8) is 0 Å². The van der Waals surface area contributed by atoms with Crippen molar-refractivity contribution in [2.45, 2.75) is 6.61 Å². The van der Waals surface area contributed by atoms with Crippen LogP contribution in [0.5, 0.6) is 0 Å². The molecule has 0 saturated carbocycles. The molecule has 0 fully saturated rings. The van der Waals surface area contributed by atoms with Crippen LogP contribution in [-0.2, 0) is 18.4 Å². The summed E-state index contributed by atoms with van der Waals surface area (Å²) >= 11 is 0. The summed E-state index contributed by atoms with van der Waals surface area (Å²) in [5, 5.41) is 6.02. The largest absolute Gasteiger partial charge is 0.456 e. The Kier molecular flexibility index (Phi) is 3.70. The zero-order valence-corrected chi connectivity index (χ0v) is 12.0. The summed E-state index contributed by atoms with van der Waals surface area (Å²) < 4.78 is 6.41. The van der Waals surface area contributed by atoms with Crippen LogP contribution >= 0.6 is 0 Å². The summed E-state index contributed by atoms with van der Waals surface area (Å²) in [7, 11) is 1.49. The van der Waals surface area contributed by atoms with Crippen LogP contribution in [0.1, 0.15) is 16.1 Å². The van der Waals surface area contributed by atoms with Crippen LogP contribution in [0.25, 0.3) is 10.8 Å². The molecule has 2 aromatic carbocycles. The van der Waals surface area contributed by atoms with Crippen molar-refractivity contribution >= 4 is 16.7 Å². The van der Waals surface area contributed by atoms with E-state index in [0.29, 0.717) is 0 Å². The molecule has 0 bridgehead atoms. The third-order valence-corrected chi connectivity index (χ3v) is 3.41. The number of carbonyl (C=O) groups is 1. The van der Waals surface area contributed by atoms with E-state index in [-0.39, 0.29) is 17.9 Å². The Bertz CT molecular complexity index is 894. The summed E-state index contributed by atoms with van der Waals surface area (Å²) in [6, 6.07) is 16.4. The maximum atomic E-state index is 12.0. The van der Waals surface area contributed by atoms with E-state index in [4.69, 9.17) is 4.74 Å². The average molecular weight is 294 g/mol.